The summed E-state index contributed by atoms with van der Waals surface area (Å²) in [6, 6.07) is 9.71. The van der Waals surface area contributed by atoms with Crippen molar-refractivity contribution in [3.8, 4) is 5.75 Å². The Labute approximate surface area is 150 Å². The largest absolute Gasteiger partial charge is 0.497 e. The van der Waals surface area contributed by atoms with E-state index in [0.717, 1.165) is 28.6 Å². The molecular weight excluding hydrogens is 330 g/mol. The molecule has 1 atom stereocenters. The van der Waals surface area contributed by atoms with Gasteiger partial charge in [-0.2, -0.15) is 14.6 Å². The highest BCUT2D eigenvalue weighted by molar-refractivity contribution is 5.48. The first kappa shape index (κ1) is 16.1. The van der Waals surface area contributed by atoms with Crippen LogP contribution in [0.4, 0.5) is 5.82 Å². The third-order valence-corrected chi connectivity index (χ3v) is 4.24. The molecule has 0 aliphatic rings. The number of aryl methyl sites for hydroxylation is 2. The van der Waals surface area contributed by atoms with Crippen LogP contribution < -0.4 is 10.1 Å². The van der Waals surface area contributed by atoms with E-state index in [9.17, 15) is 0 Å². The van der Waals surface area contributed by atoms with Gasteiger partial charge in [0.2, 0.25) is 0 Å². The number of anilines is 1. The van der Waals surface area contributed by atoms with Gasteiger partial charge in [0.25, 0.3) is 5.78 Å². The number of hydrogen-bond acceptors (Lipinski definition) is 6. The molecule has 1 aromatic carbocycles. The third kappa shape index (κ3) is 2.85. The van der Waals surface area contributed by atoms with Crippen molar-refractivity contribution >= 4 is 11.6 Å². The van der Waals surface area contributed by atoms with Gasteiger partial charge < -0.3 is 14.6 Å². The van der Waals surface area contributed by atoms with Gasteiger partial charge in [0.05, 0.1) is 7.11 Å². The molecule has 4 rings (SSSR count). The topological polar surface area (TPSA) is 82.2 Å². The van der Waals surface area contributed by atoms with E-state index >= 15 is 0 Å². The summed E-state index contributed by atoms with van der Waals surface area (Å²) in [5, 5.41) is 7.81. The zero-order valence-electron chi connectivity index (χ0n) is 14.8. The van der Waals surface area contributed by atoms with Gasteiger partial charge in [0, 0.05) is 31.2 Å². The van der Waals surface area contributed by atoms with Crippen molar-refractivity contribution in [3.63, 3.8) is 0 Å². The van der Waals surface area contributed by atoms with Gasteiger partial charge in [-0.1, -0.05) is 12.1 Å². The smallest absolute Gasteiger partial charge is 0.254 e. The van der Waals surface area contributed by atoms with Gasteiger partial charge in [-0.05, 0) is 24.6 Å². The van der Waals surface area contributed by atoms with Crippen molar-refractivity contribution in [1.29, 1.82) is 0 Å². The van der Waals surface area contributed by atoms with Crippen molar-refractivity contribution in [3.05, 3.63) is 66.1 Å². The SMILES string of the molecule is COc1ccc(C(Nc2cc(C)nc3ncnn23)c2nccn2C)cc1. The second-order valence-electron chi connectivity index (χ2n) is 6.00. The molecule has 0 radical (unpaired) electrons. The van der Waals surface area contributed by atoms with E-state index in [2.05, 4.69) is 25.4 Å². The number of fused-ring (bicyclic) bond motifs is 1. The Kier molecular flexibility index (Phi) is 4.00. The average Bonchev–Trinajstić information content (AvgIpc) is 3.28. The first-order valence-electron chi connectivity index (χ1n) is 8.21. The third-order valence-electron chi connectivity index (χ3n) is 4.24. The van der Waals surface area contributed by atoms with E-state index in [1.807, 2.05) is 55.1 Å². The summed E-state index contributed by atoms with van der Waals surface area (Å²) in [7, 11) is 3.63. The summed E-state index contributed by atoms with van der Waals surface area (Å²) in [5.41, 5.74) is 1.92. The molecule has 0 saturated heterocycles. The lowest BCUT2D eigenvalue weighted by Gasteiger charge is -2.21. The zero-order chi connectivity index (χ0) is 18.1. The van der Waals surface area contributed by atoms with Crippen LogP contribution in [-0.4, -0.2) is 36.2 Å². The molecule has 3 aromatic heterocycles. The lowest BCUT2D eigenvalue weighted by Crippen LogP contribution is -2.19. The molecule has 4 aromatic rings. The fraction of sp³-hybridized carbons (Fsp3) is 0.222. The molecule has 0 fully saturated rings. The van der Waals surface area contributed by atoms with Crippen molar-refractivity contribution in [2.24, 2.45) is 7.05 Å². The molecule has 26 heavy (non-hydrogen) atoms. The van der Waals surface area contributed by atoms with E-state index in [4.69, 9.17) is 4.74 Å². The second-order valence-corrected chi connectivity index (χ2v) is 6.00. The molecule has 8 nitrogen and oxygen atoms in total. The number of nitrogens with one attached hydrogen (secondary N) is 1. The van der Waals surface area contributed by atoms with Crippen molar-refractivity contribution in [2.45, 2.75) is 13.0 Å². The fourth-order valence-electron chi connectivity index (χ4n) is 2.93. The van der Waals surface area contributed by atoms with Crippen LogP contribution in [0.15, 0.2) is 49.1 Å². The molecule has 0 aliphatic carbocycles. The van der Waals surface area contributed by atoms with E-state index in [-0.39, 0.29) is 6.04 Å². The molecule has 0 aliphatic heterocycles. The molecule has 3 heterocycles. The summed E-state index contributed by atoms with van der Waals surface area (Å²) in [6.07, 6.45) is 5.21. The van der Waals surface area contributed by atoms with Crippen LogP contribution in [0.2, 0.25) is 0 Å². The van der Waals surface area contributed by atoms with E-state index in [1.54, 1.807) is 17.8 Å². The summed E-state index contributed by atoms with van der Waals surface area (Å²) in [4.78, 5) is 13.1. The van der Waals surface area contributed by atoms with Crippen LogP contribution in [0.3, 0.4) is 0 Å². The molecule has 0 bridgehead atoms. The molecular formula is C18H19N7O. The Morgan fingerprint density at radius 2 is 1.96 bits per heavy atom. The van der Waals surface area contributed by atoms with Gasteiger partial charge in [-0.25, -0.2) is 9.97 Å². The Bertz CT molecular complexity index is 1040. The zero-order valence-corrected chi connectivity index (χ0v) is 14.8. The van der Waals surface area contributed by atoms with Gasteiger partial charge in [-0.15, -0.1) is 0 Å². The van der Waals surface area contributed by atoms with Gasteiger partial charge >= 0.3 is 0 Å². The highest BCUT2D eigenvalue weighted by Gasteiger charge is 2.20. The maximum absolute atomic E-state index is 5.27. The van der Waals surface area contributed by atoms with E-state index in [0.29, 0.717) is 5.78 Å². The number of rotatable bonds is 5. The molecule has 8 heteroatoms. The number of nitrogens with zero attached hydrogens (tertiary/aromatic N) is 6. The fourth-order valence-corrected chi connectivity index (χ4v) is 2.93. The second kappa shape index (κ2) is 6.47. The Morgan fingerprint density at radius 3 is 2.65 bits per heavy atom. The predicted octanol–water partition coefficient (Wildman–Crippen LogP) is 2.38. The normalized spacial score (nSPS) is 12.3. The van der Waals surface area contributed by atoms with Crippen LogP contribution in [0.25, 0.3) is 5.78 Å². The Balaban J connectivity index is 1.80. The highest BCUT2D eigenvalue weighted by Crippen LogP contribution is 2.27. The number of ether oxygens (including phenoxy) is 1. The van der Waals surface area contributed by atoms with Gasteiger partial charge in [0.1, 0.15) is 29.8 Å². The quantitative estimate of drug-likeness (QED) is 0.596. The van der Waals surface area contributed by atoms with Crippen LogP contribution >= 0.6 is 0 Å². The molecule has 1 unspecified atom stereocenters. The summed E-state index contributed by atoms with van der Waals surface area (Å²) in [5.74, 6) is 3.05. The monoisotopic (exact) mass is 349 g/mol. The minimum Gasteiger partial charge on any atom is -0.497 e. The van der Waals surface area contributed by atoms with Crippen molar-refractivity contribution in [1.82, 2.24) is 29.1 Å². The molecule has 0 saturated carbocycles. The number of benzene rings is 1. The first-order chi connectivity index (χ1) is 12.7. The standard InChI is InChI=1S/C18H19N7O/c1-12-10-15(25-18(22-12)20-11-21-25)23-16(17-19-8-9-24(17)2)13-4-6-14(26-3)7-5-13/h4-11,16,23H,1-3H3. The molecule has 132 valence electrons. The molecule has 0 amide bonds. The van der Waals surface area contributed by atoms with Crippen molar-refractivity contribution < 1.29 is 4.74 Å². The van der Waals surface area contributed by atoms with Gasteiger partial charge in [-0.3, -0.25) is 0 Å². The lowest BCUT2D eigenvalue weighted by atomic mass is 10.1. The predicted molar refractivity (Wildman–Crippen MR) is 97.2 cm³/mol. The van der Waals surface area contributed by atoms with E-state index in [1.165, 1.54) is 6.33 Å². The van der Waals surface area contributed by atoms with Crippen LogP contribution in [0, 0.1) is 6.92 Å². The van der Waals surface area contributed by atoms with Crippen LogP contribution in [-0.2, 0) is 7.05 Å². The number of hydrogen-bond donors (Lipinski definition) is 1. The molecule has 1 N–H and O–H groups in total. The number of imidazole rings is 1. The highest BCUT2D eigenvalue weighted by atomic mass is 16.5. The Hall–Kier alpha value is -3.42. The van der Waals surface area contributed by atoms with Crippen LogP contribution in [0.5, 0.6) is 5.75 Å². The summed E-state index contributed by atoms with van der Waals surface area (Å²) >= 11 is 0. The first-order valence-corrected chi connectivity index (χ1v) is 8.21. The van der Waals surface area contributed by atoms with Crippen LogP contribution in [0.1, 0.15) is 23.1 Å². The Morgan fingerprint density at radius 1 is 1.15 bits per heavy atom. The minimum absolute atomic E-state index is 0.171. The number of methoxy groups -OCH3 is 1. The number of aromatic nitrogens is 6. The lowest BCUT2D eigenvalue weighted by molar-refractivity contribution is 0.414. The van der Waals surface area contributed by atoms with Gasteiger partial charge in [0.15, 0.2) is 0 Å². The van der Waals surface area contributed by atoms with E-state index < -0.39 is 0 Å². The maximum Gasteiger partial charge on any atom is 0.254 e. The minimum atomic E-state index is -0.171. The summed E-state index contributed by atoms with van der Waals surface area (Å²) < 4.78 is 8.95. The molecule has 0 spiro atoms. The maximum atomic E-state index is 5.27. The summed E-state index contributed by atoms with van der Waals surface area (Å²) in [6.45, 7) is 1.93. The van der Waals surface area contributed by atoms with Crippen molar-refractivity contribution in [2.75, 3.05) is 12.4 Å². The average molecular weight is 349 g/mol.